The van der Waals surface area contributed by atoms with Crippen molar-refractivity contribution in [3.05, 3.63) is 60.1 Å². The van der Waals surface area contributed by atoms with E-state index in [9.17, 15) is 26.6 Å². The summed E-state index contributed by atoms with van der Waals surface area (Å²) in [4.78, 5) is 20.8. The van der Waals surface area contributed by atoms with Gasteiger partial charge in [0.1, 0.15) is 17.9 Å². The van der Waals surface area contributed by atoms with E-state index in [0.29, 0.717) is 23.6 Å². The molecule has 0 aliphatic carbocycles. The lowest BCUT2D eigenvalue weighted by Gasteiger charge is -2.15. The average molecular weight is 486 g/mol. The fourth-order valence-electron chi connectivity index (χ4n) is 2.75. The van der Waals surface area contributed by atoms with Crippen LogP contribution in [0.1, 0.15) is 29.1 Å². The van der Waals surface area contributed by atoms with Crippen molar-refractivity contribution in [3.63, 3.8) is 0 Å². The molecule has 9 nitrogen and oxygen atoms in total. The Kier molecular flexibility index (Phi) is 6.67. The van der Waals surface area contributed by atoms with Gasteiger partial charge < -0.3 is 10.1 Å². The van der Waals surface area contributed by atoms with Gasteiger partial charge in [-0.2, -0.15) is 14.1 Å². The fourth-order valence-corrected chi connectivity index (χ4v) is 3.36. The number of hydrogen-bond acceptors (Lipinski definition) is 7. The van der Waals surface area contributed by atoms with Crippen molar-refractivity contribution in [2.45, 2.75) is 19.3 Å². The van der Waals surface area contributed by atoms with Crippen molar-refractivity contribution < 1.29 is 31.3 Å². The molecule has 1 amide bonds. The third kappa shape index (κ3) is 6.47. The minimum absolute atomic E-state index is 0.221. The van der Waals surface area contributed by atoms with E-state index in [-0.39, 0.29) is 5.82 Å². The Morgan fingerprint density at radius 1 is 1.21 bits per heavy atom. The van der Waals surface area contributed by atoms with Gasteiger partial charge in [-0.15, -0.1) is 13.2 Å². The summed E-state index contributed by atoms with van der Waals surface area (Å²) in [5.41, 5.74) is -0.241. The standard InChI is InChI=1S/C19H18F4N6O3S/c1-11(27-18(30)14-8-13(5-6-15(14)20)32-19(21,22)23)17-25-10-26-29(17)16-7-4-12(9-24-16)28-33(2,3)31/h4-11H,1-3H3,(H,27,30)/t11-/m0/s1. The molecule has 0 aliphatic rings. The Morgan fingerprint density at radius 3 is 2.55 bits per heavy atom. The van der Waals surface area contributed by atoms with Crippen LogP contribution in [0, 0.1) is 5.82 Å². The van der Waals surface area contributed by atoms with Gasteiger partial charge in [0.15, 0.2) is 11.6 Å². The van der Waals surface area contributed by atoms with Crippen LogP contribution in [-0.2, 0) is 9.73 Å². The number of alkyl halides is 3. The van der Waals surface area contributed by atoms with Crippen LogP contribution in [0.2, 0.25) is 0 Å². The Balaban J connectivity index is 1.81. The maximum absolute atomic E-state index is 14.1. The van der Waals surface area contributed by atoms with Crippen molar-refractivity contribution in [1.82, 2.24) is 25.1 Å². The molecule has 2 heterocycles. The number of pyridine rings is 1. The first-order chi connectivity index (χ1) is 15.3. The Morgan fingerprint density at radius 2 is 1.94 bits per heavy atom. The van der Waals surface area contributed by atoms with E-state index < -0.39 is 45.2 Å². The van der Waals surface area contributed by atoms with Crippen LogP contribution in [0.4, 0.5) is 23.2 Å². The van der Waals surface area contributed by atoms with E-state index >= 15 is 0 Å². The average Bonchev–Trinajstić information content (AvgIpc) is 3.17. The zero-order chi connectivity index (χ0) is 24.4. The molecule has 176 valence electrons. The van der Waals surface area contributed by atoms with Gasteiger partial charge >= 0.3 is 6.36 Å². The van der Waals surface area contributed by atoms with E-state index in [1.807, 2.05) is 0 Å². The zero-order valence-corrected chi connectivity index (χ0v) is 18.3. The van der Waals surface area contributed by atoms with E-state index in [1.165, 1.54) is 36.6 Å². The van der Waals surface area contributed by atoms with E-state index in [2.05, 4.69) is 29.5 Å². The molecular formula is C19H18F4N6O3S. The molecular weight excluding hydrogens is 468 g/mol. The van der Waals surface area contributed by atoms with Crippen molar-refractivity contribution in [1.29, 1.82) is 0 Å². The Labute approximate surface area is 186 Å². The lowest BCUT2D eigenvalue weighted by atomic mass is 10.1. The number of nitrogens with zero attached hydrogens (tertiary/aromatic N) is 5. The minimum atomic E-state index is -4.99. The molecule has 14 heteroatoms. The van der Waals surface area contributed by atoms with Crippen LogP contribution >= 0.6 is 0 Å². The zero-order valence-electron chi connectivity index (χ0n) is 17.5. The molecule has 0 saturated heterocycles. The monoisotopic (exact) mass is 486 g/mol. The predicted octanol–water partition coefficient (Wildman–Crippen LogP) is 3.55. The molecule has 1 N–H and O–H groups in total. The number of aromatic nitrogens is 4. The molecule has 3 aromatic rings. The summed E-state index contributed by atoms with van der Waals surface area (Å²) >= 11 is 0. The van der Waals surface area contributed by atoms with Crippen molar-refractivity contribution in [2.24, 2.45) is 4.36 Å². The number of carbonyl (C=O) groups excluding carboxylic acids is 1. The summed E-state index contributed by atoms with van der Waals surface area (Å²) in [7, 11) is -2.37. The normalized spacial score (nSPS) is 12.8. The van der Waals surface area contributed by atoms with Crippen LogP contribution in [0.5, 0.6) is 5.75 Å². The topological polar surface area (TPSA) is 111 Å². The van der Waals surface area contributed by atoms with Crippen LogP contribution < -0.4 is 10.1 Å². The summed E-state index contributed by atoms with van der Waals surface area (Å²) in [5, 5.41) is 6.51. The highest BCUT2D eigenvalue weighted by molar-refractivity contribution is 7.92. The molecule has 1 atom stereocenters. The molecule has 0 aliphatic heterocycles. The maximum atomic E-state index is 14.1. The first kappa shape index (κ1) is 24.1. The summed E-state index contributed by atoms with van der Waals surface area (Å²) in [6.07, 6.45) is 0.568. The number of rotatable bonds is 6. The quantitative estimate of drug-likeness (QED) is 0.534. The number of ether oxygens (including phenoxy) is 1. The largest absolute Gasteiger partial charge is 0.573 e. The fraction of sp³-hybridized carbons (Fsp3) is 0.263. The lowest BCUT2D eigenvalue weighted by Crippen LogP contribution is -2.29. The second-order valence-corrected chi connectivity index (χ2v) is 9.61. The first-order valence-corrected chi connectivity index (χ1v) is 11.6. The van der Waals surface area contributed by atoms with Crippen molar-refractivity contribution in [2.75, 3.05) is 12.5 Å². The first-order valence-electron chi connectivity index (χ1n) is 9.22. The van der Waals surface area contributed by atoms with E-state index in [1.54, 1.807) is 12.1 Å². The van der Waals surface area contributed by atoms with Crippen LogP contribution in [0.15, 0.2) is 47.2 Å². The molecule has 0 unspecified atom stereocenters. The van der Waals surface area contributed by atoms with Crippen LogP contribution in [0.25, 0.3) is 5.82 Å². The summed E-state index contributed by atoms with van der Waals surface area (Å²) in [6.45, 7) is 1.53. The van der Waals surface area contributed by atoms with Crippen molar-refractivity contribution in [3.8, 4) is 11.6 Å². The Hall–Kier alpha value is -3.55. The number of amides is 1. The SMILES string of the molecule is C[C@H](NC(=O)c1cc(OC(F)(F)F)ccc1F)c1ncnn1-c1ccc(N=S(C)(C)=O)cn1. The molecule has 0 saturated carbocycles. The van der Waals surface area contributed by atoms with Gasteiger partial charge in [0.2, 0.25) is 0 Å². The number of benzene rings is 1. The smallest absolute Gasteiger partial charge is 0.406 e. The van der Waals surface area contributed by atoms with Gasteiger partial charge in [0.05, 0.1) is 23.5 Å². The third-order valence-electron chi connectivity index (χ3n) is 4.00. The highest BCUT2D eigenvalue weighted by Crippen LogP contribution is 2.25. The minimum Gasteiger partial charge on any atom is -0.406 e. The van der Waals surface area contributed by atoms with Crippen molar-refractivity contribution >= 4 is 21.3 Å². The summed E-state index contributed by atoms with van der Waals surface area (Å²) in [5.74, 6) is -2.21. The second kappa shape index (κ2) is 9.13. The number of hydrogen-bond donors (Lipinski definition) is 1. The predicted molar refractivity (Wildman–Crippen MR) is 110 cm³/mol. The third-order valence-corrected chi connectivity index (χ3v) is 4.65. The van der Waals surface area contributed by atoms with Gasteiger partial charge in [0, 0.05) is 22.2 Å². The molecule has 0 bridgehead atoms. The molecule has 3 rings (SSSR count). The van der Waals surface area contributed by atoms with Gasteiger partial charge in [-0.3, -0.25) is 4.79 Å². The van der Waals surface area contributed by atoms with Gasteiger partial charge in [-0.25, -0.2) is 18.6 Å². The highest BCUT2D eigenvalue weighted by Gasteiger charge is 2.31. The summed E-state index contributed by atoms with van der Waals surface area (Å²) < 4.78 is 72.2. The molecule has 0 radical (unpaired) electrons. The van der Waals surface area contributed by atoms with E-state index in [0.717, 1.165) is 6.07 Å². The van der Waals surface area contributed by atoms with Crippen LogP contribution in [-0.4, -0.2) is 48.7 Å². The molecule has 33 heavy (non-hydrogen) atoms. The van der Waals surface area contributed by atoms with Gasteiger partial charge in [-0.05, 0) is 37.3 Å². The second-order valence-electron chi connectivity index (χ2n) is 7.06. The van der Waals surface area contributed by atoms with Gasteiger partial charge in [-0.1, -0.05) is 0 Å². The number of carbonyl (C=O) groups is 1. The van der Waals surface area contributed by atoms with Gasteiger partial charge in [0.25, 0.3) is 5.91 Å². The molecule has 0 fully saturated rings. The number of nitrogens with one attached hydrogen (secondary N) is 1. The lowest BCUT2D eigenvalue weighted by molar-refractivity contribution is -0.274. The summed E-state index contributed by atoms with van der Waals surface area (Å²) in [6, 6.07) is 4.41. The Bertz CT molecular complexity index is 1280. The maximum Gasteiger partial charge on any atom is 0.573 e. The molecule has 2 aromatic heterocycles. The molecule has 0 spiro atoms. The van der Waals surface area contributed by atoms with Crippen LogP contribution in [0.3, 0.4) is 0 Å². The highest BCUT2D eigenvalue weighted by atomic mass is 32.2. The molecule has 1 aromatic carbocycles. The van der Waals surface area contributed by atoms with E-state index in [4.69, 9.17) is 0 Å². The number of halogens is 4.